The van der Waals surface area contributed by atoms with Crippen molar-refractivity contribution < 1.29 is 13.2 Å². The van der Waals surface area contributed by atoms with E-state index in [4.69, 9.17) is 5.73 Å². The van der Waals surface area contributed by atoms with Crippen molar-refractivity contribution in [3.05, 3.63) is 27.7 Å². The van der Waals surface area contributed by atoms with Gasteiger partial charge in [-0.15, -0.1) is 0 Å². The van der Waals surface area contributed by atoms with Crippen molar-refractivity contribution in [2.45, 2.75) is 13.0 Å². The average Bonchev–Trinajstić information content (AvgIpc) is 2.09. The summed E-state index contributed by atoms with van der Waals surface area (Å²) in [6.45, 7) is -0.294. The van der Waals surface area contributed by atoms with Crippen molar-refractivity contribution in [1.29, 1.82) is 0 Å². The van der Waals surface area contributed by atoms with Gasteiger partial charge in [0.2, 0.25) is 0 Å². The highest BCUT2D eigenvalue weighted by atomic mass is 79.9. The van der Waals surface area contributed by atoms with Gasteiger partial charge < -0.3 is 5.73 Å². The number of hydrogen-bond donors (Lipinski definition) is 1. The summed E-state index contributed by atoms with van der Waals surface area (Å²) in [6.07, 6.45) is -1.81. The smallest absolute Gasteiger partial charge is 0.280 e. The number of nitrogens with zero attached hydrogens (tertiary/aromatic N) is 1. The SMILES string of the molecule is NCc1c(C(F)F)ncc(Br)c1F. The molecule has 0 bridgehead atoms. The van der Waals surface area contributed by atoms with Crippen molar-refractivity contribution in [3.8, 4) is 0 Å². The lowest BCUT2D eigenvalue weighted by Gasteiger charge is -2.07. The molecule has 0 atom stereocenters. The fraction of sp³-hybridized carbons (Fsp3) is 0.286. The fourth-order valence-electron chi connectivity index (χ4n) is 0.900. The molecule has 0 aliphatic heterocycles. The van der Waals surface area contributed by atoms with E-state index < -0.39 is 17.9 Å². The van der Waals surface area contributed by atoms with Crippen LogP contribution < -0.4 is 5.73 Å². The minimum Gasteiger partial charge on any atom is -0.326 e. The van der Waals surface area contributed by atoms with Crippen LogP contribution in [-0.2, 0) is 6.54 Å². The Morgan fingerprint density at radius 3 is 2.62 bits per heavy atom. The highest BCUT2D eigenvalue weighted by molar-refractivity contribution is 9.10. The molecule has 1 aromatic heterocycles. The second-order valence-corrected chi connectivity index (χ2v) is 3.14. The Hall–Kier alpha value is -0.620. The summed E-state index contributed by atoms with van der Waals surface area (Å²) >= 11 is 2.83. The van der Waals surface area contributed by atoms with Gasteiger partial charge in [-0.1, -0.05) is 0 Å². The van der Waals surface area contributed by atoms with Crippen LogP contribution in [0.5, 0.6) is 0 Å². The summed E-state index contributed by atoms with van der Waals surface area (Å²) in [5, 5.41) is 0. The number of hydrogen-bond acceptors (Lipinski definition) is 2. The number of nitrogens with two attached hydrogens (primary N) is 1. The summed E-state index contributed by atoms with van der Waals surface area (Å²) in [7, 11) is 0. The molecule has 0 unspecified atom stereocenters. The first-order chi connectivity index (χ1) is 6.07. The lowest BCUT2D eigenvalue weighted by atomic mass is 10.2. The molecule has 0 saturated carbocycles. The van der Waals surface area contributed by atoms with Crippen LogP contribution in [0.4, 0.5) is 13.2 Å². The molecular weight excluding hydrogens is 249 g/mol. The summed E-state index contributed by atoms with van der Waals surface area (Å²) in [4.78, 5) is 3.39. The number of halogens is 4. The molecule has 0 spiro atoms. The molecule has 1 rings (SSSR count). The molecule has 72 valence electrons. The highest BCUT2D eigenvalue weighted by Gasteiger charge is 2.18. The number of alkyl halides is 2. The van der Waals surface area contributed by atoms with E-state index in [9.17, 15) is 13.2 Å². The summed E-state index contributed by atoms with van der Waals surface area (Å²) < 4.78 is 37.6. The molecule has 13 heavy (non-hydrogen) atoms. The Balaban J connectivity index is 3.30. The molecule has 0 radical (unpaired) electrons. The van der Waals surface area contributed by atoms with Crippen molar-refractivity contribution in [1.82, 2.24) is 4.98 Å². The van der Waals surface area contributed by atoms with Crippen LogP contribution in [0.3, 0.4) is 0 Å². The normalized spacial score (nSPS) is 10.9. The Morgan fingerprint density at radius 1 is 1.54 bits per heavy atom. The second-order valence-electron chi connectivity index (χ2n) is 2.29. The topological polar surface area (TPSA) is 38.9 Å². The van der Waals surface area contributed by atoms with E-state index in [1.165, 1.54) is 0 Å². The van der Waals surface area contributed by atoms with E-state index in [0.29, 0.717) is 0 Å². The van der Waals surface area contributed by atoms with Crippen LogP contribution in [-0.4, -0.2) is 4.98 Å². The van der Waals surface area contributed by atoms with E-state index in [1.807, 2.05) is 0 Å². The average molecular weight is 255 g/mol. The van der Waals surface area contributed by atoms with Gasteiger partial charge in [-0.3, -0.25) is 4.98 Å². The van der Waals surface area contributed by atoms with E-state index in [1.54, 1.807) is 0 Å². The largest absolute Gasteiger partial charge is 0.326 e. The predicted molar refractivity (Wildman–Crippen MR) is 44.7 cm³/mol. The predicted octanol–water partition coefficient (Wildman–Crippen LogP) is 2.38. The third-order valence-electron chi connectivity index (χ3n) is 1.51. The van der Waals surface area contributed by atoms with Crippen molar-refractivity contribution in [3.63, 3.8) is 0 Å². The molecule has 0 amide bonds. The van der Waals surface area contributed by atoms with Gasteiger partial charge in [0, 0.05) is 18.3 Å². The molecule has 1 heterocycles. The van der Waals surface area contributed by atoms with Gasteiger partial charge in [0.15, 0.2) is 0 Å². The maximum absolute atomic E-state index is 13.1. The fourth-order valence-corrected chi connectivity index (χ4v) is 1.24. The summed E-state index contributed by atoms with van der Waals surface area (Å²) in [5.41, 5.74) is 4.28. The monoisotopic (exact) mass is 254 g/mol. The summed E-state index contributed by atoms with van der Waals surface area (Å²) in [6, 6.07) is 0. The van der Waals surface area contributed by atoms with E-state index >= 15 is 0 Å². The van der Waals surface area contributed by atoms with Crippen LogP contribution in [0.1, 0.15) is 17.7 Å². The summed E-state index contributed by atoms with van der Waals surface area (Å²) in [5.74, 6) is -0.771. The van der Waals surface area contributed by atoms with Gasteiger partial charge in [0.25, 0.3) is 6.43 Å². The maximum Gasteiger partial charge on any atom is 0.280 e. The molecule has 2 nitrogen and oxygen atoms in total. The van der Waals surface area contributed by atoms with Gasteiger partial charge in [-0.25, -0.2) is 13.2 Å². The molecule has 0 fully saturated rings. The zero-order chi connectivity index (χ0) is 10.0. The second kappa shape index (κ2) is 4.06. The number of rotatable bonds is 2. The van der Waals surface area contributed by atoms with Crippen LogP contribution in [0.2, 0.25) is 0 Å². The van der Waals surface area contributed by atoms with Crippen molar-refractivity contribution in [2.24, 2.45) is 5.73 Å². The van der Waals surface area contributed by atoms with E-state index in [0.717, 1.165) is 6.20 Å². The minimum atomic E-state index is -2.80. The Morgan fingerprint density at radius 2 is 2.15 bits per heavy atom. The molecule has 2 N–H and O–H groups in total. The third kappa shape index (κ3) is 2.00. The number of pyridine rings is 1. The van der Waals surface area contributed by atoms with E-state index in [2.05, 4.69) is 20.9 Å². The van der Waals surface area contributed by atoms with Crippen LogP contribution in [0, 0.1) is 5.82 Å². The standard InChI is InChI=1S/C7H6BrF3N2/c8-4-2-13-6(7(10)11)3(1-12)5(4)9/h2,7H,1,12H2. The molecule has 0 aliphatic rings. The molecule has 1 aromatic rings. The van der Waals surface area contributed by atoms with Gasteiger partial charge in [0.05, 0.1) is 4.47 Å². The first-order valence-corrected chi connectivity index (χ1v) is 4.18. The van der Waals surface area contributed by atoms with Crippen LogP contribution in [0.15, 0.2) is 10.7 Å². The van der Waals surface area contributed by atoms with Gasteiger partial charge in [0.1, 0.15) is 11.5 Å². The zero-order valence-corrected chi connectivity index (χ0v) is 7.98. The van der Waals surface area contributed by atoms with Crippen molar-refractivity contribution in [2.75, 3.05) is 0 Å². The lowest BCUT2D eigenvalue weighted by molar-refractivity contribution is 0.144. The first kappa shape index (κ1) is 10.5. The minimum absolute atomic E-state index is 0.0392. The quantitative estimate of drug-likeness (QED) is 0.881. The molecular formula is C7H6BrF3N2. The maximum atomic E-state index is 13.1. The van der Waals surface area contributed by atoms with Gasteiger partial charge in [-0.2, -0.15) is 0 Å². The number of aromatic nitrogens is 1. The van der Waals surface area contributed by atoms with Crippen molar-refractivity contribution >= 4 is 15.9 Å². The lowest BCUT2D eigenvalue weighted by Crippen LogP contribution is -2.08. The Bertz CT molecular complexity index is 317. The van der Waals surface area contributed by atoms with Crippen LogP contribution in [0.25, 0.3) is 0 Å². The van der Waals surface area contributed by atoms with Crippen LogP contribution >= 0.6 is 15.9 Å². The Labute approximate surface area is 81.1 Å². The molecule has 6 heteroatoms. The Kier molecular flexibility index (Phi) is 3.27. The van der Waals surface area contributed by atoms with Gasteiger partial charge in [-0.05, 0) is 15.9 Å². The first-order valence-electron chi connectivity index (χ1n) is 3.39. The molecule has 0 aromatic carbocycles. The molecule has 0 aliphatic carbocycles. The van der Waals surface area contributed by atoms with E-state index in [-0.39, 0.29) is 16.6 Å². The molecule has 0 saturated heterocycles. The zero-order valence-electron chi connectivity index (χ0n) is 6.40. The van der Waals surface area contributed by atoms with Gasteiger partial charge >= 0.3 is 0 Å². The highest BCUT2D eigenvalue weighted by Crippen LogP contribution is 2.26. The third-order valence-corrected chi connectivity index (χ3v) is 2.06.